The van der Waals surface area contributed by atoms with E-state index in [4.69, 9.17) is 10.2 Å². The molecule has 0 aliphatic rings. The second-order valence-corrected chi connectivity index (χ2v) is 3.77. The number of aliphatic hydroxyl groups excluding tert-OH is 1. The van der Waals surface area contributed by atoms with Crippen molar-refractivity contribution in [3.63, 3.8) is 0 Å². The Morgan fingerprint density at radius 2 is 2.35 bits per heavy atom. The van der Waals surface area contributed by atoms with Crippen molar-refractivity contribution in [2.24, 2.45) is 0 Å². The largest absolute Gasteiger partial charge is 0.478 e. The van der Waals surface area contributed by atoms with Crippen LogP contribution in [0.25, 0.3) is 0 Å². The Kier molecular flexibility index (Phi) is 4.84. The van der Waals surface area contributed by atoms with E-state index in [1.807, 2.05) is 0 Å². The number of hydrogen-bond acceptors (Lipinski definition) is 4. The Morgan fingerprint density at radius 1 is 1.65 bits per heavy atom. The third-order valence-corrected chi connectivity index (χ3v) is 2.18. The van der Waals surface area contributed by atoms with E-state index in [1.165, 1.54) is 0 Å². The first-order valence-electron chi connectivity index (χ1n) is 5.31. The summed E-state index contributed by atoms with van der Waals surface area (Å²) in [6.07, 6.45) is 1.85. The van der Waals surface area contributed by atoms with Crippen LogP contribution in [0.15, 0.2) is 12.3 Å². The maximum absolute atomic E-state index is 12.8. The molecule has 3 N–H and O–H groups in total. The molecule has 0 aliphatic heterocycles. The number of nitrogens with zero attached hydrogens (tertiary/aromatic N) is 1. The summed E-state index contributed by atoms with van der Waals surface area (Å²) in [5, 5.41) is 20.7. The van der Waals surface area contributed by atoms with Gasteiger partial charge >= 0.3 is 5.97 Å². The molecule has 0 spiro atoms. The minimum atomic E-state index is -1.23. The molecule has 0 radical (unpaired) electrons. The minimum absolute atomic E-state index is 0.143. The van der Waals surface area contributed by atoms with E-state index >= 15 is 0 Å². The fourth-order valence-electron chi connectivity index (χ4n) is 1.35. The van der Waals surface area contributed by atoms with E-state index in [-0.39, 0.29) is 11.4 Å². The van der Waals surface area contributed by atoms with Gasteiger partial charge in [0.05, 0.1) is 12.3 Å². The van der Waals surface area contributed by atoms with E-state index < -0.39 is 17.9 Å². The Bertz CT molecular complexity index is 396. The van der Waals surface area contributed by atoms with Gasteiger partial charge in [-0.05, 0) is 25.8 Å². The molecule has 0 fully saturated rings. The fraction of sp³-hybridized carbons (Fsp3) is 0.455. The number of carboxylic acid groups (broad SMARTS) is 1. The molecule has 1 aromatic rings. The van der Waals surface area contributed by atoms with Crippen LogP contribution in [-0.2, 0) is 0 Å². The zero-order chi connectivity index (χ0) is 12.8. The summed E-state index contributed by atoms with van der Waals surface area (Å²) in [5.41, 5.74) is -0.193. The van der Waals surface area contributed by atoms with Crippen molar-refractivity contribution >= 4 is 11.8 Å². The lowest BCUT2D eigenvalue weighted by atomic mass is 10.2. The topological polar surface area (TPSA) is 82.5 Å². The second kappa shape index (κ2) is 6.15. The van der Waals surface area contributed by atoms with Crippen LogP contribution in [0.2, 0.25) is 0 Å². The molecule has 1 unspecified atom stereocenters. The summed E-state index contributed by atoms with van der Waals surface area (Å²) in [4.78, 5) is 14.5. The third kappa shape index (κ3) is 4.36. The summed E-state index contributed by atoms with van der Waals surface area (Å²) in [7, 11) is 0. The number of rotatable bonds is 6. The second-order valence-electron chi connectivity index (χ2n) is 3.77. The quantitative estimate of drug-likeness (QED) is 0.658. The summed E-state index contributed by atoms with van der Waals surface area (Å²) < 4.78 is 12.8. The first-order valence-corrected chi connectivity index (χ1v) is 5.31. The van der Waals surface area contributed by atoms with Gasteiger partial charge in [-0.25, -0.2) is 14.2 Å². The van der Waals surface area contributed by atoms with Gasteiger partial charge in [-0.3, -0.25) is 0 Å². The first-order chi connectivity index (χ1) is 8.00. The zero-order valence-electron chi connectivity index (χ0n) is 9.48. The van der Waals surface area contributed by atoms with Gasteiger partial charge in [0.1, 0.15) is 17.2 Å². The number of halogens is 1. The van der Waals surface area contributed by atoms with Crippen LogP contribution in [0.5, 0.6) is 0 Å². The van der Waals surface area contributed by atoms with Crippen molar-refractivity contribution < 1.29 is 19.4 Å². The van der Waals surface area contributed by atoms with Crippen LogP contribution in [0, 0.1) is 5.82 Å². The monoisotopic (exact) mass is 242 g/mol. The normalized spacial score (nSPS) is 12.2. The average molecular weight is 242 g/mol. The molecule has 1 rings (SSSR count). The number of aliphatic hydroxyl groups is 1. The Hall–Kier alpha value is -1.69. The van der Waals surface area contributed by atoms with Crippen molar-refractivity contribution in [2.75, 3.05) is 11.9 Å². The maximum Gasteiger partial charge on any atom is 0.339 e. The molecule has 1 heterocycles. The van der Waals surface area contributed by atoms with Crippen molar-refractivity contribution in [2.45, 2.75) is 25.9 Å². The summed E-state index contributed by atoms with van der Waals surface area (Å²) >= 11 is 0. The maximum atomic E-state index is 12.8. The molecule has 0 saturated carbocycles. The van der Waals surface area contributed by atoms with Crippen LogP contribution in [0.3, 0.4) is 0 Å². The highest BCUT2D eigenvalue weighted by Gasteiger charge is 2.12. The van der Waals surface area contributed by atoms with E-state index in [0.717, 1.165) is 12.3 Å². The molecule has 0 saturated heterocycles. The minimum Gasteiger partial charge on any atom is -0.478 e. The molecule has 6 heteroatoms. The van der Waals surface area contributed by atoms with Crippen LogP contribution in [0.1, 0.15) is 30.1 Å². The number of anilines is 1. The number of nitrogens with one attached hydrogen (secondary N) is 1. The van der Waals surface area contributed by atoms with E-state index in [0.29, 0.717) is 19.4 Å². The molecule has 0 aromatic carbocycles. The lowest BCUT2D eigenvalue weighted by Gasteiger charge is -2.09. The van der Waals surface area contributed by atoms with Gasteiger partial charge < -0.3 is 15.5 Å². The van der Waals surface area contributed by atoms with Crippen molar-refractivity contribution in [1.82, 2.24) is 4.98 Å². The predicted molar refractivity (Wildman–Crippen MR) is 60.6 cm³/mol. The zero-order valence-corrected chi connectivity index (χ0v) is 9.48. The van der Waals surface area contributed by atoms with Gasteiger partial charge in [0.15, 0.2) is 0 Å². The van der Waals surface area contributed by atoms with Crippen molar-refractivity contribution in [1.29, 1.82) is 0 Å². The van der Waals surface area contributed by atoms with Gasteiger partial charge in [-0.15, -0.1) is 0 Å². The highest BCUT2D eigenvalue weighted by Crippen LogP contribution is 2.13. The summed E-state index contributed by atoms with van der Waals surface area (Å²) in [6.45, 7) is 2.16. The molecule has 1 atom stereocenters. The average Bonchev–Trinajstić information content (AvgIpc) is 2.25. The lowest BCUT2D eigenvalue weighted by molar-refractivity contribution is 0.0697. The fourth-order valence-corrected chi connectivity index (χ4v) is 1.35. The van der Waals surface area contributed by atoms with Gasteiger partial charge in [-0.2, -0.15) is 0 Å². The number of carbonyl (C=O) groups is 1. The molecular formula is C11H15FN2O3. The van der Waals surface area contributed by atoms with Gasteiger partial charge in [0.25, 0.3) is 0 Å². The van der Waals surface area contributed by atoms with Crippen molar-refractivity contribution in [3.05, 3.63) is 23.6 Å². The van der Waals surface area contributed by atoms with E-state index in [1.54, 1.807) is 6.92 Å². The summed E-state index contributed by atoms with van der Waals surface area (Å²) in [5.74, 6) is -1.77. The number of aromatic carboxylic acids is 1. The standard InChI is InChI=1S/C11H15FN2O3/c1-7(15)3-2-4-13-10-9(11(16)17)5-8(12)6-14-10/h5-7,15H,2-4H2,1H3,(H,13,14)(H,16,17). The third-order valence-electron chi connectivity index (χ3n) is 2.18. The molecule has 0 amide bonds. The molecule has 17 heavy (non-hydrogen) atoms. The number of pyridine rings is 1. The first kappa shape index (κ1) is 13.4. The SMILES string of the molecule is CC(O)CCCNc1ncc(F)cc1C(=O)O. The van der Waals surface area contributed by atoms with E-state index in [9.17, 15) is 9.18 Å². The molecule has 0 bridgehead atoms. The smallest absolute Gasteiger partial charge is 0.339 e. The van der Waals surface area contributed by atoms with E-state index in [2.05, 4.69) is 10.3 Å². The van der Waals surface area contributed by atoms with Crippen LogP contribution in [-0.4, -0.2) is 33.8 Å². The Labute approximate surface area is 98.3 Å². The molecule has 94 valence electrons. The number of aromatic nitrogens is 1. The number of carboxylic acids is 1. The van der Waals surface area contributed by atoms with Crippen LogP contribution >= 0.6 is 0 Å². The van der Waals surface area contributed by atoms with Crippen molar-refractivity contribution in [3.8, 4) is 0 Å². The highest BCUT2D eigenvalue weighted by atomic mass is 19.1. The molecular weight excluding hydrogens is 227 g/mol. The van der Waals surface area contributed by atoms with Crippen LogP contribution < -0.4 is 5.32 Å². The lowest BCUT2D eigenvalue weighted by Crippen LogP contribution is -2.11. The van der Waals surface area contributed by atoms with Gasteiger partial charge in [0.2, 0.25) is 0 Å². The summed E-state index contributed by atoms with van der Waals surface area (Å²) in [6, 6.07) is 0.923. The molecule has 1 aromatic heterocycles. The number of hydrogen-bond donors (Lipinski definition) is 3. The predicted octanol–water partition coefficient (Wildman–Crippen LogP) is 1.49. The Morgan fingerprint density at radius 3 is 2.94 bits per heavy atom. The molecule has 0 aliphatic carbocycles. The highest BCUT2D eigenvalue weighted by molar-refractivity contribution is 5.93. The Balaban J connectivity index is 2.61. The van der Waals surface area contributed by atoms with Crippen LogP contribution in [0.4, 0.5) is 10.2 Å². The van der Waals surface area contributed by atoms with Gasteiger partial charge in [-0.1, -0.05) is 0 Å². The van der Waals surface area contributed by atoms with Gasteiger partial charge in [0, 0.05) is 6.54 Å². The molecule has 5 nitrogen and oxygen atoms in total.